The molecule has 1 amide bonds. The predicted molar refractivity (Wildman–Crippen MR) is 78.1 cm³/mol. The van der Waals surface area contributed by atoms with Crippen molar-refractivity contribution in [2.24, 2.45) is 0 Å². The molecule has 0 aromatic heterocycles. The van der Waals surface area contributed by atoms with Crippen molar-refractivity contribution in [1.82, 2.24) is 5.32 Å². The summed E-state index contributed by atoms with van der Waals surface area (Å²) < 4.78 is 33.5. The van der Waals surface area contributed by atoms with Gasteiger partial charge in [0, 0.05) is 12.7 Å². The third kappa shape index (κ3) is 3.95. The van der Waals surface area contributed by atoms with Crippen molar-refractivity contribution in [3.05, 3.63) is 29.8 Å². The van der Waals surface area contributed by atoms with Gasteiger partial charge in [-0.05, 0) is 6.07 Å². The molecule has 7 heteroatoms. The van der Waals surface area contributed by atoms with Gasteiger partial charge in [0.1, 0.15) is 5.75 Å². The first-order chi connectivity index (χ1) is 9.95. The van der Waals surface area contributed by atoms with E-state index in [0.29, 0.717) is 5.75 Å². The zero-order chi connectivity index (χ0) is 15.5. The van der Waals surface area contributed by atoms with Crippen molar-refractivity contribution in [3.8, 4) is 5.75 Å². The van der Waals surface area contributed by atoms with E-state index in [9.17, 15) is 13.2 Å². The van der Waals surface area contributed by atoms with E-state index in [1.54, 1.807) is 19.2 Å². The third-order valence-corrected chi connectivity index (χ3v) is 5.20. The minimum absolute atomic E-state index is 0.0525. The average molecular weight is 313 g/mol. The van der Waals surface area contributed by atoms with Crippen LogP contribution in [0.5, 0.6) is 5.75 Å². The largest absolute Gasteiger partial charge is 0.496 e. The van der Waals surface area contributed by atoms with Crippen LogP contribution in [0.2, 0.25) is 0 Å². The molecule has 116 valence electrons. The van der Waals surface area contributed by atoms with Crippen LogP contribution in [0.1, 0.15) is 5.56 Å². The highest BCUT2D eigenvalue weighted by Crippen LogP contribution is 2.19. The summed E-state index contributed by atoms with van der Waals surface area (Å²) in [5.74, 6) is 0.255. The van der Waals surface area contributed by atoms with Crippen LogP contribution in [0.3, 0.4) is 0 Å². The number of carbonyl (C=O) groups is 1. The number of sulfone groups is 1. The molecule has 1 aliphatic heterocycles. The fourth-order valence-electron chi connectivity index (χ4n) is 2.46. The minimum atomic E-state index is -3.15. The van der Waals surface area contributed by atoms with Gasteiger partial charge in [-0.25, -0.2) is 8.42 Å². The zero-order valence-corrected chi connectivity index (χ0v) is 12.9. The fraction of sp³-hybridized carbons (Fsp3) is 0.500. The smallest absolute Gasteiger partial charge is 0.224 e. The highest BCUT2D eigenvalue weighted by Gasteiger charge is 2.38. The summed E-state index contributed by atoms with van der Waals surface area (Å²) in [6, 6.07) is 6.73. The maximum atomic E-state index is 12.1. The molecule has 0 aliphatic carbocycles. The Bertz CT molecular complexity index is 614. The van der Waals surface area contributed by atoms with Crippen molar-refractivity contribution in [2.75, 3.05) is 25.7 Å². The Morgan fingerprint density at radius 1 is 1.29 bits per heavy atom. The van der Waals surface area contributed by atoms with Crippen molar-refractivity contribution in [3.63, 3.8) is 0 Å². The van der Waals surface area contributed by atoms with Crippen LogP contribution >= 0.6 is 0 Å². The van der Waals surface area contributed by atoms with Crippen LogP contribution in [-0.4, -0.2) is 52.2 Å². The van der Waals surface area contributed by atoms with Crippen LogP contribution in [0, 0.1) is 0 Å². The first-order valence-electron chi connectivity index (χ1n) is 6.59. The van der Waals surface area contributed by atoms with Gasteiger partial charge in [0.2, 0.25) is 5.91 Å². The number of benzene rings is 1. The van der Waals surface area contributed by atoms with Gasteiger partial charge in [-0.2, -0.15) is 0 Å². The van der Waals surface area contributed by atoms with Gasteiger partial charge in [0.05, 0.1) is 37.2 Å². The second kappa shape index (κ2) is 6.44. The van der Waals surface area contributed by atoms with E-state index in [1.807, 2.05) is 12.1 Å². The number of hydrogen-bond acceptors (Lipinski definition) is 5. The molecule has 2 rings (SSSR count). The molecule has 0 radical (unpaired) electrons. The van der Waals surface area contributed by atoms with Crippen molar-refractivity contribution < 1.29 is 22.7 Å². The van der Waals surface area contributed by atoms with E-state index >= 15 is 0 Å². The second-order valence-electron chi connectivity index (χ2n) is 5.01. The SMILES string of the molecule is COc1ccccc1CC(=O)N[C@@H]1CS(=O)(=O)C[C@H]1OC. The van der Waals surface area contributed by atoms with Gasteiger partial charge in [0.25, 0.3) is 0 Å². The molecule has 1 aliphatic rings. The Morgan fingerprint density at radius 3 is 2.67 bits per heavy atom. The summed E-state index contributed by atoms with van der Waals surface area (Å²) in [6.45, 7) is 0. The molecule has 1 aromatic rings. The van der Waals surface area contributed by atoms with Gasteiger partial charge in [-0.15, -0.1) is 0 Å². The highest BCUT2D eigenvalue weighted by atomic mass is 32.2. The summed E-state index contributed by atoms with van der Waals surface area (Å²) in [5, 5.41) is 2.74. The number of amides is 1. The molecule has 1 aromatic carbocycles. The van der Waals surface area contributed by atoms with E-state index < -0.39 is 22.0 Å². The van der Waals surface area contributed by atoms with Crippen molar-refractivity contribution in [1.29, 1.82) is 0 Å². The molecule has 0 bridgehead atoms. The Morgan fingerprint density at radius 2 is 2.00 bits per heavy atom. The predicted octanol–water partition coefficient (Wildman–Crippen LogP) is 0.166. The molecule has 1 N–H and O–H groups in total. The van der Waals surface area contributed by atoms with Gasteiger partial charge < -0.3 is 14.8 Å². The van der Waals surface area contributed by atoms with Crippen LogP contribution in [0.15, 0.2) is 24.3 Å². The van der Waals surface area contributed by atoms with E-state index in [1.165, 1.54) is 7.11 Å². The lowest BCUT2D eigenvalue weighted by Gasteiger charge is -2.18. The molecule has 0 saturated carbocycles. The number of hydrogen-bond donors (Lipinski definition) is 1. The summed E-state index contributed by atoms with van der Waals surface area (Å²) in [6.07, 6.45) is -0.353. The first-order valence-corrected chi connectivity index (χ1v) is 8.42. The highest BCUT2D eigenvalue weighted by molar-refractivity contribution is 7.91. The lowest BCUT2D eigenvalue weighted by Crippen LogP contribution is -2.44. The third-order valence-electron chi connectivity index (χ3n) is 3.49. The fourth-order valence-corrected chi connectivity index (χ4v) is 4.31. The number of ether oxygens (including phenoxy) is 2. The normalized spacial score (nSPS) is 23.7. The van der Waals surface area contributed by atoms with E-state index in [-0.39, 0.29) is 23.8 Å². The van der Waals surface area contributed by atoms with E-state index in [0.717, 1.165) is 5.56 Å². The number of methoxy groups -OCH3 is 2. The van der Waals surface area contributed by atoms with Gasteiger partial charge in [0.15, 0.2) is 9.84 Å². The van der Waals surface area contributed by atoms with Crippen LogP contribution in [0.25, 0.3) is 0 Å². The summed E-state index contributed by atoms with van der Waals surface area (Å²) in [5.41, 5.74) is 0.757. The van der Waals surface area contributed by atoms with Gasteiger partial charge in [-0.1, -0.05) is 18.2 Å². The molecule has 6 nitrogen and oxygen atoms in total. The number of para-hydroxylation sites is 1. The molecule has 0 unspecified atom stereocenters. The monoisotopic (exact) mass is 313 g/mol. The quantitative estimate of drug-likeness (QED) is 0.838. The maximum absolute atomic E-state index is 12.1. The maximum Gasteiger partial charge on any atom is 0.224 e. The van der Waals surface area contributed by atoms with Crippen LogP contribution < -0.4 is 10.1 Å². The topological polar surface area (TPSA) is 81.7 Å². The number of nitrogens with one attached hydrogen (secondary N) is 1. The molecular formula is C14H19NO5S. The molecular weight excluding hydrogens is 294 g/mol. The lowest BCUT2D eigenvalue weighted by molar-refractivity contribution is -0.121. The molecule has 1 heterocycles. The number of carbonyl (C=O) groups excluding carboxylic acids is 1. The zero-order valence-electron chi connectivity index (χ0n) is 12.0. The van der Waals surface area contributed by atoms with Crippen molar-refractivity contribution >= 4 is 15.7 Å². The van der Waals surface area contributed by atoms with Gasteiger partial charge >= 0.3 is 0 Å². The molecule has 1 fully saturated rings. The van der Waals surface area contributed by atoms with Crippen LogP contribution in [0.4, 0.5) is 0 Å². The van der Waals surface area contributed by atoms with E-state index in [4.69, 9.17) is 9.47 Å². The van der Waals surface area contributed by atoms with Crippen LogP contribution in [-0.2, 0) is 25.8 Å². The summed E-state index contributed by atoms with van der Waals surface area (Å²) in [7, 11) is -0.160. The van der Waals surface area contributed by atoms with Gasteiger partial charge in [-0.3, -0.25) is 4.79 Å². The first kappa shape index (κ1) is 15.8. The summed E-state index contributed by atoms with van der Waals surface area (Å²) >= 11 is 0. The van der Waals surface area contributed by atoms with E-state index in [2.05, 4.69) is 5.32 Å². The molecule has 2 atom stereocenters. The average Bonchev–Trinajstić information content (AvgIpc) is 2.73. The second-order valence-corrected chi connectivity index (χ2v) is 7.17. The molecule has 0 spiro atoms. The lowest BCUT2D eigenvalue weighted by atomic mass is 10.1. The Labute approximate surface area is 124 Å². The summed E-state index contributed by atoms with van der Waals surface area (Å²) in [4.78, 5) is 12.1. The number of rotatable bonds is 5. The Hall–Kier alpha value is -1.60. The molecule has 21 heavy (non-hydrogen) atoms. The molecule has 1 saturated heterocycles. The minimum Gasteiger partial charge on any atom is -0.496 e. The Kier molecular flexibility index (Phi) is 4.84. The standard InChI is InChI=1S/C14H19NO5S/c1-19-12-6-4-3-5-10(12)7-14(16)15-11-8-21(17,18)9-13(11)20-2/h3-6,11,13H,7-9H2,1-2H3,(H,15,16)/t11-,13-/m1/s1. The van der Waals surface area contributed by atoms with Crippen molar-refractivity contribution in [2.45, 2.75) is 18.6 Å². The Balaban J connectivity index is 2.02.